The third-order valence-electron chi connectivity index (χ3n) is 5.57. The lowest BCUT2D eigenvalue weighted by atomic mass is 10.1. The zero-order valence-corrected chi connectivity index (χ0v) is 23.0. The van der Waals surface area contributed by atoms with Crippen molar-refractivity contribution in [1.82, 2.24) is 10.3 Å². The molecule has 0 aliphatic carbocycles. The molecule has 0 aliphatic rings. The van der Waals surface area contributed by atoms with Gasteiger partial charge in [0.1, 0.15) is 24.0 Å². The number of amides is 1. The summed E-state index contributed by atoms with van der Waals surface area (Å²) >= 11 is 1.34. The maximum atomic E-state index is 12.3. The molecule has 9 heteroatoms. The first-order valence-corrected chi connectivity index (χ1v) is 13.4. The highest BCUT2D eigenvalue weighted by molar-refractivity contribution is 7.09. The number of Topliss-reactive ketones (excluding diaryl/α,β-unsaturated/α-hetero) is 1. The van der Waals surface area contributed by atoms with E-state index in [0.717, 1.165) is 16.7 Å². The van der Waals surface area contributed by atoms with Crippen molar-refractivity contribution in [1.29, 1.82) is 0 Å². The van der Waals surface area contributed by atoms with Gasteiger partial charge in [-0.25, -0.2) is 9.78 Å². The smallest absolute Gasteiger partial charge is 0.333 e. The second-order valence-electron chi connectivity index (χ2n) is 8.78. The van der Waals surface area contributed by atoms with Crippen LogP contribution in [0.5, 0.6) is 5.75 Å². The monoisotopic (exact) mass is 548 g/mol. The average molecular weight is 549 g/mol. The Morgan fingerprint density at radius 2 is 1.77 bits per heavy atom. The zero-order valence-electron chi connectivity index (χ0n) is 22.2. The molecule has 8 nitrogen and oxygen atoms in total. The van der Waals surface area contributed by atoms with E-state index in [1.54, 1.807) is 19.9 Å². The third kappa shape index (κ3) is 9.31. The standard InChI is InChI=1S/C30H32N2O6S/c1-4-37-30(36)21(3)14-20(2)15-24-19-39-29(31-24)26(32-28(35)27(34)17-33)16-22-10-12-25(13-11-22)38-18-23-8-6-5-7-9-23/h5-15,19,26,33H,4,16-18H2,1-3H3,(H,32,35)/b20-15+,21-14-/t26-/m0/s1. The zero-order chi connectivity index (χ0) is 28.2. The molecule has 0 fully saturated rings. The number of ether oxygens (including phenoxy) is 2. The number of esters is 1. The lowest BCUT2D eigenvalue weighted by Gasteiger charge is -2.16. The molecule has 3 aromatic rings. The Bertz CT molecular complexity index is 1330. The van der Waals surface area contributed by atoms with Crippen LogP contribution in [0.15, 0.2) is 77.2 Å². The number of nitrogens with zero attached hydrogens (tertiary/aromatic N) is 1. The highest BCUT2D eigenvalue weighted by atomic mass is 32.1. The van der Waals surface area contributed by atoms with E-state index >= 15 is 0 Å². The van der Waals surface area contributed by atoms with Crippen LogP contribution in [-0.2, 0) is 32.1 Å². The maximum absolute atomic E-state index is 12.3. The number of aliphatic hydroxyl groups excluding tert-OH is 1. The van der Waals surface area contributed by atoms with Crippen molar-refractivity contribution >= 4 is 35.1 Å². The van der Waals surface area contributed by atoms with Crippen molar-refractivity contribution in [3.05, 3.63) is 99.0 Å². The molecule has 0 saturated carbocycles. The summed E-state index contributed by atoms with van der Waals surface area (Å²) < 4.78 is 10.9. The molecular weight excluding hydrogens is 516 g/mol. The van der Waals surface area contributed by atoms with Crippen LogP contribution in [0.3, 0.4) is 0 Å². The van der Waals surface area contributed by atoms with Gasteiger partial charge in [-0.3, -0.25) is 9.59 Å². The van der Waals surface area contributed by atoms with E-state index in [9.17, 15) is 14.4 Å². The molecule has 0 bridgehead atoms. The summed E-state index contributed by atoms with van der Waals surface area (Å²) in [5, 5.41) is 14.2. The Hall–Kier alpha value is -4.08. The Balaban J connectivity index is 1.75. The van der Waals surface area contributed by atoms with Gasteiger partial charge in [-0.1, -0.05) is 42.5 Å². The number of allylic oxidation sites excluding steroid dienone is 2. The Kier molecular flexibility index (Phi) is 11.1. The number of carbonyl (C=O) groups is 3. The number of carbonyl (C=O) groups excluding carboxylic acids is 3. The molecule has 2 N–H and O–H groups in total. The fourth-order valence-corrected chi connectivity index (χ4v) is 4.48. The summed E-state index contributed by atoms with van der Waals surface area (Å²) in [6.07, 6.45) is 3.91. The second kappa shape index (κ2) is 14.8. The first-order valence-electron chi connectivity index (χ1n) is 12.5. The number of hydrogen-bond acceptors (Lipinski definition) is 8. The van der Waals surface area contributed by atoms with Gasteiger partial charge in [-0.2, -0.15) is 0 Å². The predicted molar refractivity (Wildman–Crippen MR) is 150 cm³/mol. The lowest BCUT2D eigenvalue weighted by Crippen LogP contribution is -2.36. The number of hydrogen-bond donors (Lipinski definition) is 2. The van der Waals surface area contributed by atoms with E-state index in [4.69, 9.17) is 14.6 Å². The quantitative estimate of drug-likeness (QED) is 0.139. The fraction of sp³-hybridized carbons (Fsp3) is 0.267. The van der Waals surface area contributed by atoms with Crippen LogP contribution in [0.2, 0.25) is 0 Å². The van der Waals surface area contributed by atoms with Gasteiger partial charge in [-0.05, 0) is 68.2 Å². The molecule has 0 aliphatic heterocycles. The van der Waals surface area contributed by atoms with Gasteiger partial charge in [0.2, 0.25) is 5.78 Å². The van der Waals surface area contributed by atoms with Gasteiger partial charge < -0.3 is 19.9 Å². The van der Waals surface area contributed by atoms with Crippen molar-refractivity contribution in [2.45, 2.75) is 39.8 Å². The Labute approximate surface area is 232 Å². The van der Waals surface area contributed by atoms with E-state index in [1.807, 2.05) is 73.0 Å². The topological polar surface area (TPSA) is 115 Å². The molecule has 39 heavy (non-hydrogen) atoms. The fourth-order valence-electron chi connectivity index (χ4n) is 3.66. The maximum Gasteiger partial charge on any atom is 0.333 e. The molecule has 204 valence electrons. The molecular formula is C30H32N2O6S. The van der Waals surface area contributed by atoms with Gasteiger partial charge in [0, 0.05) is 11.0 Å². The summed E-state index contributed by atoms with van der Waals surface area (Å²) in [6, 6.07) is 16.8. The van der Waals surface area contributed by atoms with Crippen LogP contribution in [0.1, 0.15) is 48.6 Å². The van der Waals surface area contributed by atoms with Crippen molar-refractivity contribution < 1.29 is 29.0 Å². The highest BCUT2D eigenvalue weighted by Crippen LogP contribution is 2.25. The lowest BCUT2D eigenvalue weighted by molar-refractivity contribution is -0.139. The number of nitrogens with one attached hydrogen (secondary N) is 1. The van der Waals surface area contributed by atoms with Crippen molar-refractivity contribution in [2.75, 3.05) is 13.2 Å². The van der Waals surface area contributed by atoms with Gasteiger partial charge in [0.15, 0.2) is 0 Å². The molecule has 0 saturated heterocycles. The van der Waals surface area contributed by atoms with Gasteiger partial charge in [0.25, 0.3) is 5.91 Å². The first kappa shape index (κ1) is 29.5. The van der Waals surface area contributed by atoms with E-state index in [0.29, 0.717) is 41.7 Å². The normalized spacial score (nSPS) is 12.5. The molecule has 1 aromatic heterocycles. The molecule has 2 aromatic carbocycles. The summed E-state index contributed by atoms with van der Waals surface area (Å²) in [7, 11) is 0. The Morgan fingerprint density at radius 1 is 1.05 bits per heavy atom. The molecule has 0 unspecified atom stereocenters. The van der Waals surface area contributed by atoms with Gasteiger partial charge >= 0.3 is 5.97 Å². The minimum atomic E-state index is -0.920. The molecule has 0 radical (unpaired) electrons. The van der Waals surface area contributed by atoms with Crippen molar-refractivity contribution in [3.63, 3.8) is 0 Å². The van der Waals surface area contributed by atoms with Crippen LogP contribution >= 0.6 is 11.3 Å². The molecule has 1 amide bonds. The number of aliphatic hydroxyl groups is 1. The summed E-state index contributed by atoms with van der Waals surface area (Å²) in [5.74, 6) is -1.46. The van der Waals surface area contributed by atoms with Gasteiger partial charge in [0.05, 0.1) is 18.3 Å². The number of aromatic nitrogens is 1. The summed E-state index contributed by atoms with van der Waals surface area (Å²) in [6.45, 7) is 5.17. The largest absolute Gasteiger partial charge is 0.489 e. The van der Waals surface area contributed by atoms with Crippen molar-refractivity contribution in [2.24, 2.45) is 0 Å². The van der Waals surface area contributed by atoms with E-state index in [1.165, 1.54) is 11.3 Å². The van der Waals surface area contributed by atoms with Crippen LogP contribution in [0, 0.1) is 0 Å². The predicted octanol–water partition coefficient (Wildman–Crippen LogP) is 4.60. The minimum Gasteiger partial charge on any atom is -0.489 e. The SMILES string of the molecule is CCOC(=O)/C(C)=C\C(C)=C\c1csc([C@H](Cc2ccc(OCc3ccccc3)cc2)NC(=O)C(=O)CO)n1. The number of benzene rings is 2. The molecule has 1 atom stereocenters. The molecule has 1 heterocycles. The minimum absolute atomic E-state index is 0.303. The van der Waals surface area contributed by atoms with Gasteiger partial charge in [-0.15, -0.1) is 11.3 Å². The number of rotatable bonds is 13. The Morgan fingerprint density at radius 3 is 2.44 bits per heavy atom. The average Bonchev–Trinajstić information content (AvgIpc) is 3.40. The number of thiazole rings is 1. The summed E-state index contributed by atoms with van der Waals surface area (Å²) in [4.78, 5) is 40.6. The third-order valence-corrected chi connectivity index (χ3v) is 6.55. The highest BCUT2D eigenvalue weighted by Gasteiger charge is 2.22. The van der Waals surface area contributed by atoms with E-state index in [-0.39, 0.29) is 5.97 Å². The van der Waals surface area contributed by atoms with Crippen LogP contribution < -0.4 is 10.1 Å². The number of ketones is 1. The second-order valence-corrected chi connectivity index (χ2v) is 9.67. The van der Waals surface area contributed by atoms with Crippen LogP contribution in [0.25, 0.3) is 6.08 Å². The van der Waals surface area contributed by atoms with Crippen LogP contribution in [0.4, 0.5) is 0 Å². The van der Waals surface area contributed by atoms with Crippen LogP contribution in [-0.4, -0.2) is 41.0 Å². The molecule has 3 rings (SSSR count). The van der Waals surface area contributed by atoms with E-state index < -0.39 is 24.3 Å². The summed E-state index contributed by atoms with van der Waals surface area (Å²) in [5.41, 5.74) is 3.90. The van der Waals surface area contributed by atoms with E-state index in [2.05, 4.69) is 10.3 Å². The molecule has 0 spiro atoms. The van der Waals surface area contributed by atoms with Crippen molar-refractivity contribution in [3.8, 4) is 5.75 Å². The first-order chi connectivity index (χ1) is 18.8.